The third-order valence-electron chi connectivity index (χ3n) is 3.19. The average molecular weight is 304 g/mol. The summed E-state index contributed by atoms with van der Waals surface area (Å²) in [7, 11) is 0. The zero-order valence-corrected chi connectivity index (χ0v) is 12.8. The number of thioether (sulfide) groups is 1. The van der Waals surface area contributed by atoms with Gasteiger partial charge in [0.1, 0.15) is 9.91 Å². The number of hydrogen-bond donors (Lipinski definition) is 1. The molecule has 0 fully saturated rings. The number of halogens is 1. The van der Waals surface area contributed by atoms with E-state index >= 15 is 0 Å². The van der Waals surface area contributed by atoms with Gasteiger partial charge in [0.25, 0.3) is 0 Å². The minimum absolute atomic E-state index is 0.356. The summed E-state index contributed by atoms with van der Waals surface area (Å²) in [5.74, 6) is 0. The molecule has 0 saturated carbocycles. The van der Waals surface area contributed by atoms with Crippen LogP contribution in [0.5, 0.6) is 0 Å². The van der Waals surface area contributed by atoms with E-state index in [1.807, 2.05) is 12.1 Å². The standard InChI is InChI=1S/C15H14ClN3S/c1-10-3-5-11(6-4-10)14-18-19-15(2,20-14)13-8-7-12(16)9-17-13/h3-9,19H,1-2H3. The Bertz CT molecular complexity index is 652. The fourth-order valence-electron chi connectivity index (χ4n) is 1.98. The number of aryl methyl sites for hydroxylation is 1. The molecule has 5 heteroatoms. The van der Waals surface area contributed by atoms with Gasteiger partial charge >= 0.3 is 0 Å². The molecule has 3 rings (SSSR count). The van der Waals surface area contributed by atoms with Crippen LogP contribution in [0, 0.1) is 6.92 Å². The van der Waals surface area contributed by atoms with Crippen molar-refractivity contribution in [3.8, 4) is 0 Å². The Balaban J connectivity index is 1.84. The van der Waals surface area contributed by atoms with Gasteiger partial charge in [0, 0.05) is 11.8 Å². The van der Waals surface area contributed by atoms with E-state index in [0.29, 0.717) is 5.02 Å². The molecule has 3 nitrogen and oxygen atoms in total. The van der Waals surface area contributed by atoms with Gasteiger partial charge in [-0.1, -0.05) is 53.2 Å². The van der Waals surface area contributed by atoms with Gasteiger partial charge in [0.2, 0.25) is 0 Å². The lowest BCUT2D eigenvalue weighted by molar-refractivity contribution is 0.547. The van der Waals surface area contributed by atoms with Crippen molar-refractivity contribution in [3.63, 3.8) is 0 Å². The molecule has 2 aromatic rings. The molecule has 1 aromatic heterocycles. The molecule has 1 N–H and O–H groups in total. The second-order valence-corrected chi connectivity index (χ2v) is 6.74. The SMILES string of the molecule is Cc1ccc(C2=NNC(C)(c3ccc(Cl)cn3)S2)cc1. The van der Waals surface area contributed by atoms with E-state index in [1.54, 1.807) is 18.0 Å². The van der Waals surface area contributed by atoms with Crippen LogP contribution >= 0.6 is 23.4 Å². The van der Waals surface area contributed by atoms with Crippen LogP contribution in [0.15, 0.2) is 47.7 Å². The maximum Gasteiger partial charge on any atom is 0.145 e. The molecule has 1 unspecified atom stereocenters. The van der Waals surface area contributed by atoms with Crippen molar-refractivity contribution < 1.29 is 0 Å². The second-order valence-electron chi connectivity index (χ2n) is 4.89. The van der Waals surface area contributed by atoms with Crippen molar-refractivity contribution >= 4 is 28.4 Å². The molecule has 0 radical (unpaired) electrons. The van der Waals surface area contributed by atoms with Crippen LogP contribution in [-0.2, 0) is 4.87 Å². The molecule has 1 aliphatic rings. The lowest BCUT2D eigenvalue weighted by Crippen LogP contribution is -2.29. The van der Waals surface area contributed by atoms with E-state index in [0.717, 1.165) is 16.3 Å². The number of rotatable bonds is 2. The van der Waals surface area contributed by atoms with E-state index in [4.69, 9.17) is 11.6 Å². The molecule has 0 spiro atoms. The zero-order chi connectivity index (χ0) is 14.2. The van der Waals surface area contributed by atoms with Crippen molar-refractivity contribution in [3.05, 3.63) is 64.4 Å². The van der Waals surface area contributed by atoms with Crippen LogP contribution < -0.4 is 5.43 Å². The summed E-state index contributed by atoms with van der Waals surface area (Å²) in [6.45, 7) is 4.14. The summed E-state index contributed by atoms with van der Waals surface area (Å²) < 4.78 is 0. The molecule has 1 atom stereocenters. The normalized spacial score (nSPS) is 21.4. The van der Waals surface area contributed by atoms with Crippen LogP contribution in [-0.4, -0.2) is 10.0 Å². The van der Waals surface area contributed by atoms with Gasteiger partial charge in [-0.15, -0.1) is 0 Å². The molecule has 0 saturated heterocycles. The highest BCUT2D eigenvalue weighted by molar-refractivity contribution is 8.15. The van der Waals surface area contributed by atoms with Gasteiger partial charge in [-0.25, -0.2) is 0 Å². The monoisotopic (exact) mass is 303 g/mol. The minimum atomic E-state index is -0.356. The molecule has 2 heterocycles. The number of nitrogens with zero attached hydrogens (tertiary/aromatic N) is 2. The van der Waals surface area contributed by atoms with E-state index in [-0.39, 0.29) is 4.87 Å². The topological polar surface area (TPSA) is 37.3 Å². The third-order valence-corrected chi connectivity index (χ3v) is 4.64. The third kappa shape index (κ3) is 2.53. The predicted molar refractivity (Wildman–Crippen MR) is 85.0 cm³/mol. The summed E-state index contributed by atoms with van der Waals surface area (Å²) >= 11 is 7.55. The first kappa shape index (κ1) is 13.5. The quantitative estimate of drug-likeness (QED) is 0.914. The summed E-state index contributed by atoms with van der Waals surface area (Å²) in [6, 6.07) is 12.1. The highest BCUT2D eigenvalue weighted by Gasteiger charge is 2.35. The highest BCUT2D eigenvalue weighted by Crippen LogP contribution is 2.39. The molecule has 0 bridgehead atoms. The van der Waals surface area contributed by atoms with E-state index in [9.17, 15) is 0 Å². The first-order chi connectivity index (χ1) is 9.57. The van der Waals surface area contributed by atoms with Crippen molar-refractivity contribution in [2.24, 2.45) is 5.10 Å². The number of benzene rings is 1. The average Bonchev–Trinajstić information content (AvgIpc) is 2.84. The van der Waals surface area contributed by atoms with Gasteiger partial charge < -0.3 is 0 Å². The summed E-state index contributed by atoms with van der Waals surface area (Å²) in [5, 5.41) is 6.06. The van der Waals surface area contributed by atoms with Gasteiger partial charge in [0.15, 0.2) is 0 Å². The second kappa shape index (κ2) is 5.11. The Hall–Kier alpha value is -1.52. The van der Waals surface area contributed by atoms with Crippen molar-refractivity contribution in [2.45, 2.75) is 18.7 Å². The van der Waals surface area contributed by atoms with Crippen molar-refractivity contribution in [1.82, 2.24) is 10.4 Å². The van der Waals surface area contributed by atoms with Crippen LogP contribution in [0.1, 0.15) is 23.7 Å². The first-order valence-electron chi connectivity index (χ1n) is 6.30. The van der Waals surface area contributed by atoms with Crippen LogP contribution in [0.25, 0.3) is 0 Å². The van der Waals surface area contributed by atoms with E-state index in [2.05, 4.69) is 53.6 Å². The Morgan fingerprint density at radius 2 is 1.90 bits per heavy atom. The molecule has 0 amide bonds. The molecule has 1 aromatic carbocycles. The summed E-state index contributed by atoms with van der Waals surface area (Å²) in [5.41, 5.74) is 6.45. The van der Waals surface area contributed by atoms with E-state index in [1.165, 1.54) is 5.56 Å². The van der Waals surface area contributed by atoms with Crippen LogP contribution in [0.3, 0.4) is 0 Å². The molecular formula is C15H14ClN3S. The lowest BCUT2D eigenvalue weighted by Gasteiger charge is -2.21. The Morgan fingerprint density at radius 1 is 1.15 bits per heavy atom. The number of hydrazone groups is 1. The predicted octanol–water partition coefficient (Wildman–Crippen LogP) is 3.91. The maximum atomic E-state index is 5.88. The highest BCUT2D eigenvalue weighted by atomic mass is 35.5. The van der Waals surface area contributed by atoms with Gasteiger partial charge in [-0.3, -0.25) is 10.4 Å². The largest absolute Gasteiger partial charge is 0.287 e. The van der Waals surface area contributed by atoms with Crippen molar-refractivity contribution in [2.75, 3.05) is 0 Å². The summed E-state index contributed by atoms with van der Waals surface area (Å²) in [6.07, 6.45) is 1.66. The lowest BCUT2D eigenvalue weighted by atomic mass is 10.2. The van der Waals surface area contributed by atoms with E-state index < -0.39 is 0 Å². The molecule has 1 aliphatic heterocycles. The number of nitrogens with one attached hydrogen (secondary N) is 1. The van der Waals surface area contributed by atoms with Gasteiger partial charge in [-0.2, -0.15) is 5.10 Å². The molecule has 20 heavy (non-hydrogen) atoms. The molecule has 102 valence electrons. The van der Waals surface area contributed by atoms with Crippen molar-refractivity contribution in [1.29, 1.82) is 0 Å². The number of hydrogen-bond acceptors (Lipinski definition) is 4. The van der Waals surface area contributed by atoms with Crippen LogP contribution in [0.4, 0.5) is 0 Å². The van der Waals surface area contributed by atoms with Gasteiger partial charge in [0.05, 0.1) is 10.7 Å². The smallest absolute Gasteiger partial charge is 0.145 e. The molecular weight excluding hydrogens is 290 g/mol. The fraction of sp³-hybridized carbons (Fsp3) is 0.200. The fourth-order valence-corrected chi connectivity index (χ4v) is 3.14. The maximum absolute atomic E-state index is 5.88. The molecule has 0 aliphatic carbocycles. The zero-order valence-electron chi connectivity index (χ0n) is 11.2. The van der Waals surface area contributed by atoms with Crippen LogP contribution in [0.2, 0.25) is 5.02 Å². The number of aromatic nitrogens is 1. The summed E-state index contributed by atoms with van der Waals surface area (Å²) in [4.78, 5) is 4.03. The minimum Gasteiger partial charge on any atom is -0.287 e. The Morgan fingerprint density at radius 3 is 2.55 bits per heavy atom. The first-order valence-corrected chi connectivity index (χ1v) is 7.49. The Labute approximate surface area is 127 Å². The Kier molecular flexibility index (Phi) is 3.44. The number of pyridine rings is 1. The van der Waals surface area contributed by atoms with Gasteiger partial charge in [-0.05, 0) is 26.0 Å².